The molecule has 0 saturated heterocycles. The van der Waals surface area contributed by atoms with E-state index in [4.69, 9.17) is 5.84 Å². The largest absolute Gasteiger partial charge is 0.271 e. The summed E-state index contributed by atoms with van der Waals surface area (Å²) >= 11 is 1.82. The lowest BCUT2D eigenvalue weighted by molar-refractivity contribution is 0.437. The van der Waals surface area contributed by atoms with Crippen LogP contribution in [0.4, 0.5) is 0 Å². The van der Waals surface area contributed by atoms with Gasteiger partial charge in [-0.2, -0.15) is 5.10 Å². The van der Waals surface area contributed by atoms with Crippen molar-refractivity contribution in [2.75, 3.05) is 0 Å². The normalized spacial score (nSPS) is 13.0. The fourth-order valence-corrected chi connectivity index (χ4v) is 3.04. The Balaban J connectivity index is 1.84. The molecule has 20 heavy (non-hydrogen) atoms. The monoisotopic (exact) mass is 293 g/mol. The van der Waals surface area contributed by atoms with Gasteiger partial charge in [0.1, 0.15) is 12.2 Å². The van der Waals surface area contributed by atoms with E-state index < -0.39 is 0 Å². The smallest absolute Gasteiger partial charge is 0.138 e. The molecule has 6 heteroatoms. The second kappa shape index (κ2) is 7.52. The van der Waals surface area contributed by atoms with Crippen molar-refractivity contribution in [2.45, 2.75) is 51.6 Å². The van der Waals surface area contributed by atoms with Gasteiger partial charge in [-0.05, 0) is 44.6 Å². The van der Waals surface area contributed by atoms with E-state index in [9.17, 15) is 0 Å². The van der Waals surface area contributed by atoms with Gasteiger partial charge in [0.05, 0.1) is 0 Å². The van der Waals surface area contributed by atoms with Gasteiger partial charge in [-0.25, -0.2) is 9.67 Å². The molecule has 2 aromatic rings. The number of rotatable bonds is 8. The van der Waals surface area contributed by atoms with E-state index in [0.29, 0.717) is 6.04 Å². The van der Waals surface area contributed by atoms with Crippen molar-refractivity contribution in [2.24, 2.45) is 5.84 Å². The van der Waals surface area contributed by atoms with Crippen LogP contribution in [0.1, 0.15) is 43.4 Å². The van der Waals surface area contributed by atoms with Crippen molar-refractivity contribution in [3.8, 4) is 0 Å². The number of aromatic nitrogens is 3. The third-order valence-electron chi connectivity index (χ3n) is 3.36. The first-order valence-electron chi connectivity index (χ1n) is 7.07. The molecule has 1 atom stereocenters. The van der Waals surface area contributed by atoms with E-state index in [2.05, 4.69) is 46.9 Å². The Kier molecular flexibility index (Phi) is 5.70. The molecule has 2 aromatic heterocycles. The number of aryl methyl sites for hydroxylation is 1. The predicted molar refractivity (Wildman–Crippen MR) is 82.5 cm³/mol. The molecule has 0 aliphatic heterocycles. The van der Waals surface area contributed by atoms with Crippen LogP contribution >= 0.6 is 11.3 Å². The molecule has 0 spiro atoms. The number of thiophene rings is 1. The molecule has 0 bridgehead atoms. The zero-order valence-corrected chi connectivity index (χ0v) is 12.9. The number of nitrogens with one attached hydrogen (secondary N) is 1. The Bertz CT molecular complexity index is 491. The van der Waals surface area contributed by atoms with Gasteiger partial charge in [0, 0.05) is 23.4 Å². The summed E-state index contributed by atoms with van der Waals surface area (Å²) in [6.45, 7) is 4.22. The van der Waals surface area contributed by atoms with Crippen LogP contribution < -0.4 is 11.3 Å². The van der Waals surface area contributed by atoms with Crippen LogP contribution in [0.3, 0.4) is 0 Å². The minimum Gasteiger partial charge on any atom is -0.271 e. The van der Waals surface area contributed by atoms with Crippen LogP contribution in [0, 0.1) is 0 Å². The van der Waals surface area contributed by atoms with Crippen LogP contribution in [0.15, 0.2) is 23.8 Å². The molecule has 1 unspecified atom stereocenters. The van der Waals surface area contributed by atoms with Crippen LogP contribution in [0.2, 0.25) is 0 Å². The van der Waals surface area contributed by atoms with E-state index >= 15 is 0 Å². The van der Waals surface area contributed by atoms with Crippen LogP contribution in [-0.2, 0) is 12.8 Å². The maximum absolute atomic E-state index is 5.67. The maximum atomic E-state index is 5.67. The van der Waals surface area contributed by atoms with E-state index in [1.165, 1.54) is 4.88 Å². The van der Waals surface area contributed by atoms with Gasteiger partial charge in [-0.15, -0.1) is 11.3 Å². The molecule has 2 rings (SSSR count). The zero-order chi connectivity index (χ0) is 14.4. The molecule has 3 N–H and O–H groups in total. The number of hydrazine groups is 1. The zero-order valence-electron chi connectivity index (χ0n) is 12.1. The molecule has 0 aliphatic carbocycles. The molecule has 0 saturated carbocycles. The summed E-state index contributed by atoms with van der Waals surface area (Å²) in [6.07, 6.45) is 5.73. The van der Waals surface area contributed by atoms with Crippen molar-refractivity contribution in [1.82, 2.24) is 20.2 Å². The number of nitrogens with zero attached hydrogens (tertiary/aromatic N) is 3. The molecular formula is C14H23N5S. The van der Waals surface area contributed by atoms with Crippen LogP contribution in [0.5, 0.6) is 0 Å². The standard InChI is InChI=1S/C14H23N5S/c1-11(2)19-14(16-10-17-19)9-12(18-15)5-3-6-13-7-4-8-20-13/h4,7-8,10-12,18H,3,5-6,9,15H2,1-2H3. The molecule has 0 aromatic carbocycles. The van der Waals surface area contributed by atoms with Crippen molar-refractivity contribution in [3.05, 3.63) is 34.5 Å². The van der Waals surface area contributed by atoms with Crippen LogP contribution in [-0.4, -0.2) is 20.8 Å². The predicted octanol–water partition coefficient (Wildman–Crippen LogP) is 2.32. The lowest BCUT2D eigenvalue weighted by atomic mass is 10.1. The first-order chi connectivity index (χ1) is 9.70. The van der Waals surface area contributed by atoms with E-state index in [1.54, 1.807) is 6.33 Å². The molecule has 110 valence electrons. The lowest BCUT2D eigenvalue weighted by Gasteiger charge is -2.16. The first kappa shape index (κ1) is 15.2. The van der Waals surface area contributed by atoms with Crippen molar-refractivity contribution < 1.29 is 0 Å². The molecule has 0 amide bonds. The molecule has 0 radical (unpaired) electrons. The van der Waals surface area contributed by atoms with Gasteiger partial charge in [-0.3, -0.25) is 11.3 Å². The van der Waals surface area contributed by atoms with Gasteiger partial charge in [0.2, 0.25) is 0 Å². The summed E-state index contributed by atoms with van der Waals surface area (Å²) in [5.74, 6) is 6.67. The molecule has 2 heterocycles. The van der Waals surface area contributed by atoms with Crippen LogP contribution in [0.25, 0.3) is 0 Å². The summed E-state index contributed by atoms with van der Waals surface area (Å²) in [7, 11) is 0. The maximum Gasteiger partial charge on any atom is 0.138 e. The van der Waals surface area contributed by atoms with Gasteiger partial charge in [-0.1, -0.05) is 6.07 Å². The number of hydrogen-bond acceptors (Lipinski definition) is 5. The fourth-order valence-electron chi connectivity index (χ4n) is 2.29. The highest BCUT2D eigenvalue weighted by molar-refractivity contribution is 7.09. The first-order valence-corrected chi connectivity index (χ1v) is 7.95. The summed E-state index contributed by atoms with van der Waals surface area (Å²) in [5, 5.41) is 6.39. The van der Waals surface area contributed by atoms with Gasteiger partial charge >= 0.3 is 0 Å². The summed E-state index contributed by atoms with van der Waals surface area (Å²) < 4.78 is 1.96. The Morgan fingerprint density at radius 3 is 2.95 bits per heavy atom. The Hall–Kier alpha value is -1.24. The highest BCUT2D eigenvalue weighted by Crippen LogP contribution is 2.14. The van der Waals surface area contributed by atoms with Crippen molar-refractivity contribution >= 4 is 11.3 Å². The average Bonchev–Trinajstić information content (AvgIpc) is 3.08. The minimum atomic E-state index is 0.247. The molecule has 5 nitrogen and oxygen atoms in total. The van der Waals surface area contributed by atoms with Gasteiger partial charge < -0.3 is 0 Å². The summed E-state index contributed by atoms with van der Waals surface area (Å²) in [5.41, 5.74) is 2.91. The van der Waals surface area contributed by atoms with Gasteiger partial charge in [0.15, 0.2) is 0 Å². The Morgan fingerprint density at radius 1 is 1.45 bits per heavy atom. The number of nitrogens with two attached hydrogens (primary N) is 1. The summed E-state index contributed by atoms with van der Waals surface area (Å²) in [4.78, 5) is 5.78. The van der Waals surface area contributed by atoms with Crippen molar-refractivity contribution in [1.29, 1.82) is 0 Å². The van der Waals surface area contributed by atoms with E-state index in [0.717, 1.165) is 31.5 Å². The Morgan fingerprint density at radius 2 is 2.30 bits per heavy atom. The second-order valence-corrected chi connectivity index (χ2v) is 6.29. The molecule has 0 aliphatic rings. The quantitative estimate of drug-likeness (QED) is 0.579. The van der Waals surface area contributed by atoms with Crippen molar-refractivity contribution in [3.63, 3.8) is 0 Å². The third kappa shape index (κ3) is 4.13. The van der Waals surface area contributed by atoms with E-state index in [-0.39, 0.29) is 6.04 Å². The lowest BCUT2D eigenvalue weighted by Crippen LogP contribution is -2.37. The highest BCUT2D eigenvalue weighted by atomic mass is 32.1. The molecular weight excluding hydrogens is 270 g/mol. The average molecular weight is 293 g/mol. The minimum absolute atomic E-state index is 0.247. The SMILES string of the molecule is CC(C)n1ncnc1CC(CCCc1cccs1)NN. The number of hydrogen-bond donors (Lipinski definition) is 2. The highest BCUT2D eigenvalue weighted by Gasteiger charge is 2.14. The third-order valence-corrected chi connectivity index (χ3v) is 4.29. The molecule has 0 fully saturated rings. The van der Waals surface area contributed by atoms with E-state index in [1.807, 2.05) is 16.0 Å². The summed E-state index contributed by atoms with van der Waals surface area (Å²) in [6, 6.07) is 4.86. The topological polar surface area (TPSA) is 68.8 Å². The fraction of sp³-hybridized carbons (Fsp3) is 0.571. The second-order valence-electron chi connectivity index (χ2n) is 5.25. The Labute approximate surface area is 124 Å². The van der Waals surface area contributed by atoms with Gasteiger partial charge in [0.25, 0.3) is 0 Å².